The van der Waals surface area contributed by atoms with Crippen molar-refractivity contribution in [2.45, 2.75) is 32.6 Å². The first-order chi connectivity index (χ1) is 15.5. The van der Waals surface area contributed by atoms with Gasteiger partial charge in [0.2, 0.25) is 5.91 Å². The number of hydrogen-bond acceptors (Lipinski definition) is 6. The Morgan fingerprint density at radius 1 is 1.12 bits per heavy atom. The standard InChI is InChI=1S/C25H26N2O4S/c1-16(20-15-32-24-6-4-3-5-19(20)24)26-27-25(29)12-10-21(28)18-9-11-22(23(13-18)30-2)31-14-17-7-8-17/h3-6,9,11,13,15,17H,7-8,10,12,14H2,1-2H3,(H,27,29)/b26-16+. The van der Waals surface area contributed by atoms with Crippen molar-refractivity contribution in [2.75, 3.05) is 13.7 Å². The molecule has 1 saturated carbocycles. The summed E-state index contributed by atoms with van der Waals surface area (Å²) in [6.07, 6.45) is 2.55. The van der Waals surface area contributed by atoms with Crippen LogP contribution in [-0.4, -0.2) is 31.1 Å². The van der Waals surface area contributed by atoms with Crippen molar-refractivity contribution in [1.29, 1.82) is 0 Å². The van der Waals surface area contributed by atoms with E-state index >= 15 is 0 Å². The van der Waals surface area contributed by atoms with Gasteiger partial charge in [-0.25, -0.2) is 5.43 Å². The molecule has 0 unspecified atom stereocenters. The molecule has 0 bridgehead atoms. The van der Waals surface area contributed by atoms with Crippen LogP contribution in [-0.2, 0) is 4.79 Å². The van der Waals surface area contributed by atoms with E-state index in [1.54, 1.807) is 36.6 Å². The zero-order valence-electron chi connectivity index (χ0n) is 18.2. The van der Waals surface area contributed by atoms with Gasteiger partial charge in [0.1, 0.15) is 0 Å². The molecule has 0 saturated heterocycles. The Hall–Kier alpha value is -3.19. The Kier molecular flexibility index (Phi) is 6.85. The summed E-state index contributed by atoms with van der Waals surface area (Å²) >= 11 is 1.64. The minimum Gasteiger partial charge on any atom is -0.493 e. The van der Waals surface area contributed by atoms with E-state index in [9.17, 15) is 9.59 Å². The molecule has 6 nitrogen and oxygen atoms in total. The number of ketones is 1. The number of amides is 1. The minimum absolute atomic E-state index is 0.0578. The van der Waals surface area contributed by atoms with Crippen molar-refractivity contribution in [1.82, 2.24) is 5.43 Å². The SMILES string of the molecule is COc1cc(C(=O)CCC(=O)N/N=C(\C)c2csc3ccccc23)ccc1OCC1CC1. The second-order valence-electron chi connectivity index (χ2n) is 7.92. The van der Waals surface area contributed by atoms with Crippen LogP contribution in [0, 0.1) is 5.92 Å². The highest BCUT2D eigenvalue weighted by molar-refractivity contribution is 7.17. The van der Waals surface area contributed by atoms with Gasteiger partial charge in [-0.15, -0.1) is 11.3 Å². The van der Waals surface area contributed by atoms with Crippen LogP contribution >= 0.6 is 11.3 Å². The second kappa shape index (κ2) is 9.96. The number of rotatable bonds is 10. The Morgan fingerprint density at radius 3 is 2.72 bits per heavy atom. The number of benzene rings is 2. The van der Waals surface area contributed by atoms with Crippen LogP contribution in [0.3, 0.4) is 0 Å². The average molecular weight is 451 g/mol. The van der Waals surface area contributed by atoms with Crippen LogP contribution in [0.1, 0.15) is 48.5 Å². The summed E-state index contributed by atoms with van der Waals surface area (Å²) in [6.45, 7) is 2.53. The molecule has 166 valence electrons. The smallest absolute Gasteiger partial charge is 0.240 e. The highest BCUT2D eigenvalue weighted by Crippen LogP contribution is 2.33. The van der Waals surface area contributed by atoms with Gasteiger partial charge in [0.15, 0.2) is 17.3 Å². The van der Waals surface area contributed by atoms with Crippen LogP contribution in [0.5, 0.6) is 11.5 Å². The first-order valence-corrected chi connectivity index (χ1v) is 11.6. The van der Waals surface area contributed by atoms with Crippen molar-refractivity contribution in [3.8, 4) is 11.5 Å². The number of nitrogens with one attached hydrogen (secondary N) is 1. The molecule has 3 aromatic rings. The molecule has 1 aromatic heterocycles. The molecule has 0 atom stereocenters. The normalized spacial score (nSPS) is 13.8. The lowest BCUT2D eigenvalue weighted by molar-refractivity contribution is -0.121. The summed E-state index contributed by atoms with van der Waals surface area (Å²) in [7, 11) is 1.55. The molecule has 2 aromatic carbocycles. The van der Waals surface area contributed by atoms with Gasteiger partial charge in [0, 0.05) is 39.4 Å². The van der Waals surface area contributed by atoms with E-state index in [-0.39, 0.29) is 24.5 Å². The first kappa shape index (κ1) is 22.0. The Morgan fingerprint density at radius 2 is 1.94 bits per heavy atom. The Balaban J connectivity index is 1.31. The number of nitrogens with zero attached hydrogens (tertiary/aromatic N) is 1. The van der Waals surface area contributed by atoms with E-state index in [1.165, 1.54) is 17.5 Å². The fourth-order valence-electron chi connectivity index (χ4n) is 3.34. The van der Waals surface area contributed by atoms with Crippen molar-refractivity contribution in [2.24, 2.45) is 11.0 Å². The van der Waals surface area contributed by atoms with Gasteiger partial charge in [-0.05, 0) is 49.9 Å². The average Bonchev–Trinajstić information content (AvgIpc) is 3.55. The van der Waals surface area contributed by atoms with Gasteiger partial charge >= 0.3 is 0 Å². The molecular formula is C25H26N2O4S. The molecule has 1 heterocycles. The van der Waals surface area contributed by atoms with Crippen molar-refractivity contribution in [3.05, 3.63) is 59.0 Å². The second-order valence-corrected chi connectivity index (χ2v) is 8.83. The predicted octanol–water partition coefficient (Wildman–Crippen LogP) is 5.20. The third-order valence-electron chi connectivity index (χ3n) is 5.46. The van der Waals surface area contributed by atoms with Crippen LogP contribution in [0.2, 0.25) is 0 Å². The van der Waals surface area contributed by atoms with E-state index in [4.69, 9.17) is 9.47 Å². The molecule has 1 amide bonds. The fourth-order valence-corrected chi connectivity index (χ4v) is 4.35. The van der Waals surface area contributed by atoms with E-state index in [0.717, 1.165) is 16.7 Å². The number of thiophene rings is 1. The van der Waals surface area contributed by atoms with Crippen LogP contribution in [0.25, 0.3) is 10.1 Å². The summed E-state index contributed by atoms with van der Waals surface area (Å²) in [5, 5.41) is 7.37. The summed E-state index contributed by atoms with van der Waals surface area (Å²) in [4.78, 5) is 24.8. The highest BCUT2D eigenvalue weighted by Gasteiger charge is 2.23. The van der Waals surface area contributed by atoms with Gasteiger partial charge in [0.05, 0.1) is 19.4 Å². The lowest BCUT2D eigenvalue weighted by Crippen LogP contribution is -2.20. The fraction of sp³-hybridized carbons (Fsp3) is 0.320. The number of ether oxygens (including phenoxy) is 2. The number of hydrazone groups is 1. The summed E-state index contributed by atoms with van der Waals surface area (Å²) in [5.74, 6) is 1.37. The zero-order valence-corrected chi connectivity index (χ0v) is 19.0. The van der Waals surface area contributed by atoms with Crippen LogP contribution < -0.4 is 14.9 Å². The maximum absolute atomic E-state index is 12.6. The van der Waals surface area contributed by atoms with Crippen molar-refractivity contribution < 1.29 is 19.1 Å². The molecule has 1 aliphatic carbocycles. The summed E-state index contributed by atoms with van der Waals surface area (Å²) in [6, 6.07) is 13.2. The molecule has 1 aliphatic rings. The predicted molar refractivity (Wildman–Crippen MR) is 127 cm³/mol. The third kappa shape index (κ3) is 5.34. The first-order valence-electron chi connectivity index (χ1n) is 10.7. The Labute approximate surface area is 191 Å². The number of methoxy groups -OCH3 is 1. The minimum atomic E-state index is -0.298. The van der Waals surface area contributed by atoms with Crippen molar-refractivity contribution >= 4 is 38.8 Å². The highest BCUT2D eigenvalue weighted by atomic mass is 32.1. The van der Waals surface area contributed by atoms with E-state index in [2.05, 4.69) is 16.6 Å². The quantitative estimate of drug-likeness (QED) is 0.262. The molecule has 0 radical (unpaired) electrons. The lowest BCUT2D eigenvalue weighted by atomic mass is 10.1. The van der Waals surface area contributed by atoms with Crippen LogP contribution in [0.15, 0.2) is 52.9 Å². The maximum Gasteiger partial charge on any atom is 0.240 e. The molecule has 1 N–H and O–H groups in total. The summed E-state index contributed by atoms with van der Waals surface area (Å²) < 4.78 is 12.3. The Bertz CT molecular complexity index is 1160. The molecule has 0 aliphatic heterocycles. The zero-order chi connectivity index (χ0) is 22.5. The van der Waals surface area contributed by atoms with E-state index in [0.29, 0.717) is 29.6 Å². The monoisotopic (exact) mass is 450 g/mol. The topological polar surface area (TPSA) is 77.0 Å². The molecule has 4 rings (SSSR count). The van der Waals surface area contributed by atoms with Gasteiger partial charge in [-0.1, -0.05) is 18.2 Å². The number of carbonyl (C=O) groups is 2. The lowest BCUT2D eigenvalue weighted by Gasteiger charge is -2.11. The number of Topliss-reactive ketones (excluding diaryl/α,β-unsaturated/α-hetero) is 1. The summed E-state index contributed by atoms with van der Waals surface area (Å²) in [5.41, 5.74) is 4.79. The maximum atomic E-state index is 12.6. The van der Waals surface area contributed by atoms with E-state index in [1.807, 2.05) is 30.5 Å². The largest absolute Gasteiger partial charge is 0.493 e. The number of carbonyl (C=O) groups excluding carboxylic acids is 2. The number of fused-ring (bicyclic) bond motifs is 1. The molecule has 0 spiro atoms. The third-order valence-corrected chi connectivity index (χ3v) is 6.42. The van der Waals surface area contributed by atoms with Gasteiger partial charge in [0.25, 0.3) is 0 Å². The molecule has 7 heteroatoms. The van der Waals surface area contributed by atoms with E-state index < -0.39 is 0 Å². The van der Waals surface area contributed by atoms with Crippen LogP contribution in [0.4, 0.5) is 0 Å². The van der Waals surface area contributed by atoms with Gasteiger partial charge in [-0.2, -0.15) is 5.10 Å². The van der Waals surface area contributed by atoms with Gasteiger partial charge in [-0.3, -0.25) is 9.59 Å². The molecular weight excluding hydrogens is 424 g/mol. The molecule has 1 fully saturated rings. The van der Waals surface area contributed by atoms with Crippen molar-refractivity contribution in [3.63, 3.8) is 0 Å². The van der Waals surface area contributed by atoms with Gasteiger partial charge < -0.3 is 9.47 Å². The molecule has 32 heavy (non-hydrogen) atoms. The number of hydrogen-bond donors (Lipinski definition) is 1.